The van der Waals surface area contributed by atoms with Gasteiger partial charge in [0.15, 0.2) is 11.5 Å². The van der Waals surface area contributed by atoms with Crippen LogP contribution in [0.5, 0.6) is 11.5 Å². The summed E-state index contributed by atoms with van der Waals surface area (Å²) in [5, 5.41) is 5.30. The van der Waals surface area contributed by atoms with Crippen molar-refractivity contribution in [2.75, 3.05) is 18.7 Å². The lowest BCUT2D eigenvalue weighted by atomic mass is 10.1. The van der Waals surface area contributed by atoms with Gasteiger partial charge in [0.05, 0.1) is 5.56 Å². The Morgan fingerprint density at radius 2 is 1.76 bits per heavy atom. The van der Waals surface area contributed by atoms with Crippen LogP contribution in [0.25, 0.3) is 0 Å². The van der Waals surface area contributed by atoms with Crippen LogP contribution >= 0.6 is 0 Å². The maximum absolute atomic E-state index is 12.5. The molecule has 0 spiro atoms. The third-order valence-corrected chi connectivity index (χ3v) is 3.61. The SMILES string of the molecule is O=C(NCCc1ccc(C(F)(F)F)cc1)Nc1ccc2c(c1)OCO2. The number of carbonyl (C=O) groups is 1. The lowest BCUT2D eigenvalue weighted by Gasteiger charge is -2.09. The molecule has 2 N–H and O–H groups in total. The van der Waals surface area contributed by atoms with E-state index in [9.17, 15) is 18.0 Å². The van der Waals surface area contributed by atoms with Crippen LogP contribution in [0.2, 0.25) is 0 Å². The predicted molar refractivity (Wildman–Crippen MR) is 84.7 cm³/mol. The van der Waals surface area contributed by atoms with Gasteiger partial charge in [0.2, 0.25) is 6.79 Å². The molecule has 25 heavy (non-hydrogen) atoms. The Labute approximate surface area is 141 Å². The number of amides is 2. The minimum absolute atomic E-state index is 0.151. The molecule has 2 aromatic carbocycles. The predicted octanol–water partition coefficient (Wildman–Crippen LogP) is 3.80. The molecule has 0 atom stereocenters. The van der Waals surface area contributed by atoms with E-state index in [1.54, 1.807) is 18.2 Å². The number of fused-ring (bicyclic) bond motifs is 1. The van der Waals surface area contributed by atoms with Crippen LogP contribution in [0.3, 0.4) is 0 Å². The first-order chi connectivity index (χ1) is 11.9. The first-order valence-corrected chi connectivity index (χ1v) is 7.52. The molecule has 3 rings (SSSR count). The Morgan fingerprint density at radius 3 is 2.48 bits per heavy atom. The van der Waals surface area contributed by atoms with Crippen LogP contribution in [0, 0.1) is 0 Å². The van der Waals surface area contributed by atoms with Gasteiger partial charge in [-0.05, 0) is 36.2 Å². The Bertz CT molecular complexity index is 761. The van der Waals surface area contributed by atoms with Crippen molar-refractivity contribution >= 4 is 11.7 Å². The minimum Gasteiger partial charge on any atom is -0.454 e. The number of rotatable bonds is 4. The van der Waals surface area contributed by atoms with Gasteiger partial charge in [-0.3, -0.25) is 0 Å². The Kier molecular flexibility index (Phi) is 4.69. The van der Waals surface area contributed by atoms with Crippen LogP contribution in [0.4, 0.5) is 23.7 Å². The third kappa shape index (κ3) is 4.34. The van der Waals surface area contributed by atoms with Gasteiger partial charge in [-0.1, -0.05) is 12.1 Å². The van der Waals surface area contributed by atoms with Gasteiger partial charge in [-0.15, -0.1) is 0 Å². The van der Waals surface area contributed by atoms with Crippen molar-refractivity contribution in [3.05, 3.63) is 53.6 Å². The summed E-state index contributed by atoms with van der Waals surface area (Å²) in [7, 11) is 0. The van der Waals surface area contributed by atoms with E-state index in [-0.39, 0.29) is 6.79 Å². The van der Waals surface area contributed by atoms with Crippen molar-refractivity contribution in [3.63, 3.8) is 0 Å². The molecule has 1 aliphatic rings. The fourth-order valence-corrected chi connectivity index (χ4v) is 2.33. The summed E-state index contributed by atoms with van der Waals surface area (Å²) in [5.74, 6) is 1.18. The summed E-state index contributed by atoms with van der Waals surface area (Å²) < 4.78 is 47.9. The van der Waals surface area contributed by atoms with Crippen LogP contribution in [0.1, 0.15) is 11.1 Å². The molecule has 132 valence electrons. The van der Waals surface area contributed by atoms with E-state index < -0.39 is 17.8 Å². The van der Waals surface area contributed by atoms with Gasteiger partial charge in [0.1, 0.15) is 0 Å². The van der Waals surface area contributed by atoms with Gasteiger partial charge < -0.3 is 20.1 Å². The highest BCUT2D eigenvalue weighted by atomic mass is 19.4. The number of alkyl halides is 3. The highest BCUT2D eigenvalue weighted by molar-refractivity contribution is 5.89. The molecular weight excluding hydrogens is 337 g/mol. The van der Waals surface area contributed by atoms with E-state index in [0.29, 0.717) is 35.7 Å². The molecular formula is C17H15F3N2O3. The van der Waals surface area contributed by atoms with E-state index in [1.807, 2.05) is 0 Å². The number of benzene rings is 2. The summed E-state index contributed by atoms with van der Waals surface area (Å²) >= 11 is 0. The Balaban J connectivity index is 1.46. The van der Waals surface area contributed by atoms with Gasteiger partial charge in [-0.2, -0.15) is 13.2 Å². The molecule has 2 amide bonds. The number of halogens is 3. The molecule has 2 aromatic rings. The molecule has 0 bridgehead atoms. The van der Waals surface area contributed by atoms with Crippen LogP contribution in [-0.2, 0) is 12.6 Å². The van der Waals surface area contributed by atoms with Crippen LogP contribution < -0.4 is 20.1 Å². The number of urea groups is 1. The average molecular weight is 352 g/mol. The van der Waals surface area contributed by atoms with Gasteiger partial charge in [0.25, 0.3) is 0 Å². The topological polar surface area (TPSA) is 59.6 Å². The first kappa shape index (κ1) is 16.9. The number of nitrogens with one attached hydrogen (secondary N) is 2. The Morgan fingerprint density at radius 1 is 1.04 bits per heavy atom. The lowest BCUT2D eigenvalue weighted by molar-refractivity contribution is -0.137. The maximum atomic E-state index is 12.5. The quantitative estimate of drug-likeness (QED) is 0.880. The second kappa shape index (κ2) is 6.92. The number of hydrogen-bond donors (Lipinski definition) is 2. The maximum Gasteiger partial charge on any atom is 0.416 e. The van der Waals surface area contributed by atoms with Crippen LogP contribution in [0.15, 0.2) is 42.5 Å². The number of ether oxygens (including phenoxy) is 2. The van der Waals surface area contributed by atoms with Crippen molar-refractivity contribution in [2.24, 2.45) is 0 Å². The van der Waals surface area contributed by atoms with Crippen molar-refractivity contribution in [3.8, 4) is 11.5 Å². The summed E-state index contributed by atoms with van der Waals surface area (Å²) in [6, 6.07) is 9.48. The van der Waals surface area contributed by atoms with E-state index >= 15 is 0 Å². The molecule has 0 unspecified atom stereocenters. The second-order valence-electron chi connectivity index (χ2n) is 5.39. The summed E-state index contributed by atoms with van der Waals surface area (Å²) in [5.41, 5.74) is 0.567. The Hall–Kier alpha value is -2.90. The number of hydrogen-bond acceptors (Lipinski definition) is 3. The molecule has 0 aromatic heterocycles. The molecule has 0 aliphatic carbocycles. The molecule has 8 heteroatoms. The monoisotopic (exact) mass is 352 g/mol. The summed E-state index contributed by atoms with van der Waals surface area (Å²) in [6.07, 6.45) is -3.92. The molecule has 0 saturated carbocycles. The number of anilines is 1. The van der Waals surface area contributed by atoms with Crippen LogP contribution in [-0.4, -0.2) is 19.4 Å². The van der Waals surface area contributed by atoms with Crippen molar-refractivity contribution in [2.45, 2.75) is 12.6 Å². The lowest BCUT2D eigenvalue weighted by Crippen LogP contribution is -2.30. The smallest absolute Gasteiger partial charge is 0.416 e. The largest absolute Gasteiger partial charge is 0.454 e. The highest BCUT2D eigenvalue weighted by Crippen LogP contribution is 2.34. The second-order valence-corrected chi connectivity index (χ2v) is 5.39. The average Bonchev–Trinajstić information content (AvgIpc) is 3.02. The van der Waals surface area contributed by atoms with Crippen molar-refractivity contribution < 1.29 is 27.4 Å². The zero-order chi connectivity index (χ0) is 17.9. The molecule has 0 saturated heterocycles. The highest BCUT2D eigenvalue weighted by Gasteiger charge is 2.29. The fourth-order valence-electron chi connectivity index (χ4n) is 2.33. The summed E-state index contributed by atoms with van der Waals surface area (Å²) in [6.45, 7) is 0.444. The minimum atomic E-state index is -4.35. The van der Waals surface area contributed by atoms with E-state index in [2.05, 4.69) is 10.6 Å². The molecule has 1 heterocycles. The van der Waals surface area contributed by atoms with E-state index in [1.165, 1.54) is 12.1 Å². The van der Waals surface area contributed by atoms with Gasteiger partial charge >= 0.3 is 12.2 Å². The summed E-state index contributed by atoms with van der Waals surface area (Å²) in [4.78, 5) is 11.8. The number of carbonyl (C=O) groups excluding carboxylic acids is 1. The zero-order valence-electron chi connectivity index (χ0n) is 13.0. The standard InChI is InChI=1S/C17H15F3N2O3/c18-17(19,20)12-3-1-11(2-4-12)7-8-21-16(23)22-13-5-6-14-15(9-13)25-10-24-14/h1-6,9H,7-8,10H2,(H2,21,22,23). The zero-order valence-corrected chi connectivity index (χ0v) is 13.0. The van der Waals surface area contributed by atoms with Gasteiger partial charge in [0, 0.05) is 18.3 Å². The van der Waals surface area contributed by atoms with Crippen molar-refractivity contribution in [1.29, 1.82) is 0 Å². The van der Waals surface area contributed by atoms with Gasteiger partial charge in [-0.25, -0.2) is 4.79 Å². The fraction of sp³-hybridized carbons (Fsp3) is 0.235. The van der Waals surface area contributed by atoms with E-state index in [0.717, 1.165) is 12.1 Å². The molecule has 1 aliphatic heterocycles. The first-order valence-electron chi connectivity index (χ1n) is 7.52. The normalized spacial score (nSPS) is 12.8. The molecule has 0 radical (unpaired) electrons. The third-order valence-electron chi connectivity index (χ3n) is 3.61. The van der Waals surface area contributed by atoms with E-state index in [4.69, 9.17) is 9.47 Å². The molecule has 5 nitrogen and oxygen atoms in total. The van der Waals surface area contributed by atoms with Crippen molar-refractivity contribution in [1.82, 2.24) is 5.32 Å². The molecule has 0 fully saturated rings.